The summed E-state index contributed by atoms with van der Waals surface area (Å²) in [5, 5.41) is 5.58. The smallest absolute Gasteiger partial charge is 0.255 e. The number of nitrogens with one attached hydrogen (secondary N) is 2. The molecule has 0 atom stereocenters. The van der Waals surface area contributed by atoms with Gasteiger partial charge in [0.15, 0.2) is 0 Å². The van der Waals surface area contributed by atoms with E-state index in [1.165, 1.54) is 0 Å². The molecule has 0 unspecified atom stereocenters. The maximum Gasteiger partial charge on any atom is 0.255 e. The predicted molar refractivity (Wildman–Crippen MR) is 99.9 cm³/mol. The molecule has 3 rings (SSSR count). The normalized spacial score (nSPS) is 14.0. The molecule has 0 radical (unpaired) electrons. The second-order valence-electron chi connectivity index (χ2n) is 6.22. The number of piperidine rings is 1. The SMILES string of the molecule is O=C(CN1CCCCC1=O)Nc1cccc(NC(=O)c2ccccc2)c1. The lowest BCUT2D eigenvalue weighted by molar-refractivity contribution is -0.136. The predicted octanol–water partition coefficient (Wildman–Crippen LogP) is 2.89. The van der Waals surface area contributed by atoms with Gasteiger partial charge >= 0.3 is 0 Å². The molecule has 134 valence electrons. The molecule has 2 aromatic carbocycles. The van der Waals surface area contributed by atoms with Gasteiger partial charge in [-0.1, -0.05) is 24.3 Å². The minimum absolute atomic E-state index is 0.0234. The molecule has 0 aromatic heterocycles. The van der Waals surface area contributed by atoms with E-state index in [0.717, 1.165) is 12.8 Å². The summed E-state index contributed by atoms with van der Waals surface area (Å²) in [6.45, 7) is 0.679. The Labute approximate surface area is 152 Å². The largest absolute Gasteiger partial charge is 0.333 e. The maximum absolute atomic E-state index is 12.2. The van der Waals surface area contributed by atoms with Gasteiger partial charge in [-0.2, -0.15) is 0 Å². The third-order valence-electron chi connectivity index (χ3n) is 4.20. The van der Waals surface area contributed by atoms with Crippen LogP contribution in [0.4, 0.5) is 11.4 Å². The molecule has 0 bridgehead atoms. The lowest BCUT2D eigenvalue weighted by atomic mass is 10.1. The third-order valence-corrected chi connectivity index (χ3v) is 4.20. The highest BCUT2D eigenvalue weighted by Gasteiger charge is 2.20. The van der Waals surface area contributed by atoms with Crippen molar-refractivity contribution < 1.29 is 14.4 Å². The molecule has 2 N–H and O–H groups in total. The number of hydrogen-bond acceptors (Lipinski definition) is 3. The van der Waals surface area contributed by atoms with Gasteiger partial charge in [-0.3, -0.25) is 14.4 Å². The minimum atomic E-state index is -0.244. The van der Waals surface area contributed by atoms with Gasteiger partial charge in [0.2, 0.25) is 11.8 Å². The summed E-state index contributed by atoms with van der Waals surface area (Å²) in [5.41, 5.74) is 1.72. The number of anilines is 2. The van der Waals surface area contributed by atoms with Crippen molar-refractivity contribution in [2.45, 2.75) is 19.3 Å². The number of amides is 3. The van der Waals surface area contributed by atoms with Crippen molar-refractivity contribution in [1.29, 1.82) is 0 Å². The lowest BCUT2D eigenvalue weighted by Gasteiger charge is -2.26. The molecule has 1 saturated heterocycles. The number of hydrogen-bond donors (Lipinski definition) is 2. The molecule has 0 spiro atoms. The molecule has 26 heavy (non-hydrogen) atoms. The van der Waals surface area contributed by atoms with Crippen molar-refractivity contribution in [1.82, 2.24) is 4.90 Å². The molecule has 3 amide bonds. The van der Waals surface area contributed by atoms with Crippen molar-refractivity contribution in [2.75, 3.05) is 23.7 Å². The summed E-state index contributed by atoms with van der Waals surface area (Å²) in [6.07, 6.45) is 2.33. The Morgan fingerprint density at radius 3 is 2.38 bits per heavy atom. The van der Waals surface area contributed by atoms with Gasteiger partial charge in [-0.15, -0.1) is 0 Å². The Hall–Kier alpha value is -3.15. The monoisotopic (exact) mass is 351 g/mol. The van der Waals surface area contributed by atoms with Gasteiger partial charge < -0.3 is 15.5 Å². The quantitative estimate of drug-likeness (QED) is 0.869. The first-order valence-electron chi connectivity index (χ1n) is 8.66. The Bertz CT molecular complexity index is 805. The zero-order valence-electron chi connectivity index (χ0n) is 14.4. The number of carbonyl (C=O) groups excluding carboxylic acids is 3. The molecular weight excluding hydrogens is 330 g/mol. The van der Waals surface area contributed by atoms with Crippen LogP contribution in [0.15, 0.2) is 54.6 Å². The Balaban J connectivity index is 1.59. The van der Waals surface area contributed by atoms with Gasteiger partial charge in [0.1, 0.15) is 0 Å². The van der Waals surface area contributed by atoms with Gasteiger partial charge in [0.25, 0.3) is 5.91 Å². The molecule has 0 aliphatic carbocycles. The Kier molecular flexibility index (Phi) is 5.63. The highest BCUT2D eigenvalue weighted by molar-refractivity contribution is 6.04. The van der Waals surface area contributed by atoms with E-state index in [1.807, 2.05) is 6.07 Å². The topological polar surface area (TPSA) is 78.5 Å². The maximum atomic E-state index is 12.2. The first-order valence-corrected chi connectivity index (χ1v) is 8.66. The van der Waals surface area contributed by atoms with E-state index >= 15 is 0 Å². The highest BCUT2D eigenvalue weighted by Crippen LogP contribution is 2.17. The van der Waals surface area contributed by atoms with Crippen LogP contribution in [-0.4, -0.2) is 35.7 Å². The number of likely N-dealkylation sites (tertiary alicyclic amines) is 1. The minimum Gasteiger partial charge on any atom is -0.333 e. The number of carbonyl (C=O) groups is 3. The van der Waals surface area contributed by atoms with Gasteiger partial charge in [-0.05, 0) is 43.2 Å². The molecule has 1 aliphatic heterocycles. The average Bonchev–Trinajstić information content (AvgIpc) is 2.64. The molecule has 0 saturated carbocycles. The highest BCUT2D eigenvalue weighted by atomic mass is 16.2. The van der Waals surface area contributed by atoms with E-state index in [4.69, 9.17) is 0 Å². The van der Waals surface area contributed by atoms with Crippen LogP contribution in [0.1, 0.15) is 29.6 Å². The van der Waals surface area contributed by atoms with Crippen LogP contribution >= 0.6 is 0 Å². The zero-order chi connectivity index (χ0) is 18.4. The molecule has 6 heteroatoms. The standard InChI is InChI=1S/C20H21N3O3/c24-18(14-23-12-5-4-11-19(23)25)21-16-9-6-10-17(13-16)22-20(26)15-7-2-1-3-8-15/h1-3,6-10,13H,4-5,11-12,14H2,(H,21,24)(H,22,26). The number of benzene rings is 2. The molecule has 2 aromatic rings. The molecule has 1 heterocycles. The summed E-state index contributed by atoms with van der Waals surface area (Å²) in [7, 11) is 0. The van der Waals surface area contributed by atoms with Crippen molar-refractivity contribution in [3.05, 3.63) is 60.2 Å². The molecule has 1 aliphatic rings. The van der Waals surface area contributed by atoms with E-state index < -0.39 is 0 Å². The van der Waals surface area contributed by atoms with Gasteiger partial charge in [0, 0.05) is 29.9 Å². The van der Waals surface area contributed by atoms with E-state index in [9.17, 15) is 14.4 Å². The van der Waals surface area contributed by atoms with Crippen LogP contribution in [0.25, 0.3) is 0 Å². The summed E-state index contributed by atoms with van der Waals surface area (Å²) in [5.74, 6) is -0.435. The fourth-order valence-corrected chi connectivity index (χ4v) is 2.87. The lowest BCUT2D eigenvalue weighted by Crippen LogP contribution is -2.40. The Morgan fingerprint density at radius 1 is 0.923 bits per heavy atom. The van der Waals surface area contributed by atoms with Gasteiger partial charge in [0.05, 0.1) is 6.54 Å². The average molecular weight is 351 g/mol. The van der Waals surface area contributed by atoms with Crippen molar-refractivity contribution in [3.8, 4) is 0 Å². The summed E-state index contributed by atoms with van der Waals surface area (Å²) < 4.78 is 0. The fourth-order valence-electron chi connectivity index (χ4n) is 2.87. The van der Waals surface area contributed by atoms with E-state index in [1.54, 1.807) is 53.4 Å². The van der Waals surface area contributed by atoms with E-state index in [2.05, 4.69) is 10.6 Å². The van der Waals surface area contributed by atoms with Crippen molar-refractivity contribution in [2.24, 2.45) is 0 Å². The molecule has 6 nitrogen and oxygen atoms in total. The third kappa shape index (κ3) is 4.69. The van der Waals surface area contributed by atoms with Crippen LogP contribution in [0.5, 0.6) is 0 Å². The zero-order valence-corrected chi connectivity index (χ0v) is 14.4. The summed E-state index contributed by atoms with van der Waals surface area (Å²) in [4.78, 5) is 37.8. The van der Waals surface area contributed by atoms with Crippen LogP contribution in [0.2, 0.25) is 0 Å². The van der Waals surface area contributed by atoms with E-state index in [-0.39, 0.29) is 24.3 Å². The second kappa shape index (κ2) is 8.29. The van der Waals surface area contributed by atoms with Crippen LogP contribution in [0, 0.1) is 0 Å². The first kappa shape index (κ1) is 17.7. The van der Waals surface area contributed by atoms with Crippen molar-refractivity contribution >= 4 is 29.1 Å². The number of nitrogens with zero attached hydrogens (tertiary/aromatic N) is 1. The molecular formula is C20H21N3O3. The number of rotatable bonds is 5. The summed E-state index contributed by atoms with van der Waals surface area (Å²) >= 11 is 0. The summed E-state index contributed by atoms with van der Waals surface area (Å²) in [6, 6.07) is 15.9. The van der Waals surface area contributed by atoms with Crippen molar-refractivity contribution in [3.63, 3.8) is 0 Å². The first-order chi connectivity index (χ1) is 12.6. The van der Waals surface area contributed by atoms with Gasteiger partial charge in [-0.25, -0.2) is 0 Å². The van der Waals surface area contributed by atoms with E-state index in [0.29, 0.717) is 29.9 Å². The fraction of sp³-hybridized carbons (Fsp3) is 0.250. The van der Waals surface area contributed by atoms with Crippen LogP contribution < -0.4 is 10.6 Å². The second-order valence-corrected chi connectivity index (χ2v) is 6.22. The Morgan fingerprint density at radius 2 is 1.65 bits per heavy atom. The van der Waals surface area contributed by atoms with Crippen LogP contribution in [0.3, 0.4) is 0 Å². The van der Waals surface area contributed by atoms with Crippen LogP contribution in [-0.2, 0) is 9.59 Å². The molecule has 1 fully saturated rings.